The van der Waals surface area contributed by atoms with E-state index in [4.69, 9.17) is 5.73 Å². The number of hydrogen-bond acceptors (Lipinski definition) is 9. The Balaban J connectivity index is -0.000000325. The molecule has 0 atom stereocenters. The van der Waals surface area contributed by atoms with Gasteiger partial charge in [0.05, 0.1) is 14.2 Å². The highest BCUT2D eigenvalue weighted by atomic mass is 16.5. The highest BCUT2D eigenvalue weighted by Crippen LogP contribution is 2.04. The maximum Gasteiger partial charge on any atom is 0.423 e. The molecule has 28 heavy (non-hydrogen) atoms. The van der Waals surface area contributed by atoms with Crippen LogP contribution in [0.5, 0.6) is 0 Å². The maximum absolute atomic E-state index is 10.7. The van der Waals surface area contributed by atoms with Crippen LogP contribution in [0.15, 0.2) is 24.3 Å². The molecule has 2 heterocycles. The Morgan fingerprint density at radius 1 is 0.893 bits per heavy atom. The van der Waals surface area contributed by atoms with Crippen molar-refractivity contribution >= 4 is 35.8 Å². The number of imide groups is 4. The average Bonchev–Trinajstić information content (AvgIpc) is 3.12. The van der Waals surface area contributed by atoms with Gasteiger partial charge in [-0.05, 0) is 6.54 Å². The molecule has 0 aliphatic carbocycles. The molecule has 6 amide bonds. The molecule has 0 radical (unpaired) electrons. The van der Waals surface area contributed by atoms with Gasteiger partial charge in [-0.2, -0.15) is 4.90 Å². The van der Waals surface area contributed by atoms with Crippen molar-refractivity contribution in [1.29, 1.82) is 0 Å². The van der Waals surface area contributed by atoms with E-state index in [1.807, 2.05) is 6.92 Å². The van der Waals surface area contributed by atoms with Crippen LogP contribution in [0, 0.1) is 0 Å². The number of carbonyl (C=O) groups is 6. The molecule has 2 aliphatic rings. The number of nitrogens with zero attached hydrogens (tertiary/aromatic N) is 2. The van der Waals surface area contributed by atoms with Gasteiger partial charge in [0.1, 0.15) is 0 Å². The van der Waals surface area contributed by atoms with Gasteiger partial charge in [-0.25, -0.2) is 9.59 Å². The minimum Gasteiger partial charge on any atom is -0.453 e. The Morgan fingerprint density at radius 3 is 1.36 bits per heavy atom. The first-order valence-electron chi connectivity index (χ1n) is 7.24. The third-order valence-electron chi connectivity index (χ3n) is 2.40. The molecule has 4 N–H and O–H groups in total. The van der Waals surface area contributed by atoms with E-state index in [0.717, 1.165) is 30.7 Å². The van der Waals surface area contributed by atoms with Crippen molar-refractivity contribution in [3.8, 4) is 0 Å². The SMILES string of the molecule is C.CCN.CN1C(=O)C=CC1=O.COC(=O)N1C(=O)C=CC1=O.COC(N)=O. The summed E-state index contributed by atoms with van der Waals surface area (Å²) < 4.78 is 8.07. The fourth-order valence-electron chi connectivity index (χ4n) is 1.15. The van der Waals surface area contributed by atoms with E-state index < -0.39 is 24.0 Å². The lowest BCUT2D eigenvalue weighted by Crippen LogP contribution is -2.35. The van der Waals surface area contributed by atoms with Crippen LogP contribution in [0.25, 0.3) is 0 Å². The Morgan fingerprint density at radius 2 is 1.18 bits per heavy atom. The molecule has 0 saturated heterocycles. The van der Waals surface area contributed by atoms with Gasteiger partial charge in [0.25, 0.3) is 23.6 Å². The Hall–Kier alpha value is -3.54. The second kappa shape index (κ2) is 15.7. The molecule has 0 bridgehead atoms. The molecule has 158 valence electrons. The summed E-state index contributed by atoms with van der Waals surface area (Å²) in [5.74, 6) is -1.81. The lowest BCUT2D eigenvalue weighted by atomic mass is 10.6. The standard InChI is InChI=1S/C6H5NO4.C5H5NO2.C2H5NO2.C2H7N.CH4/c1-11-6(10)7-4(8)2-3-5(7)9;1-6-4(7)2-3-5(6)8;1-5-2(3)4;1-2-3;/h2-3H,1H3;2-3H,1H3;1H3,(H2,3,4);2-3H2,1H3;1H4. The number of ether oxygens (including phenoxy) is 2. The molecule has 0 aromatic carbocycles. The van der Waals surface area contributed by atoms with Gasteiger partial charge in [0.15, 0.2) is 0 Å². The minimum absolute atomic E-state index is 0. The smallest absolute Gasteiger partial charge is 0.423 e. The number of amides is 6. The van der Waals surface area contributed by atoms with Crippen LogP contribution in [0.2, 0.25) is 0 Å². The van der Waals surface area contributed by atoms with Crippen LogP contribution >= 0.6 is 0 Å². The fourth-order valence-corrected chi connectivity index (χ4v) is 1.15. The van der Waals surface area contributed by atoms with E-state index in [-0.39, 0.29) is 19.2 Å². The van der Waals surface area contributed by atoms with Crippen molar-refractivity contribution in [3.05, 3.63) is 24.3 Å². The topological polar surface area (TPSA) is 179 Å². The molecule has 2 rings (SSSR count). The molecule has 0 aromatic rings. The van der Waals surface area contributed by atoms with Gasteiger partial charge in [-0.15, -0.1) is 0 Å². The van der Waals surface area contributed by atoms with Crippen LogP contribution in [0.3, 0.4) is 0 Å². The number of likely N-dealkylation sites (N-methyl/N-ethyl adjacent to an activating group) is 1. The third kappa shape index (κ3) is 11.1. The van der Waals surface area contributed by atoms with Crippen LogP contribution in [0.4, 0.5) is 9.59 Å². The van der Waals surface area contributed by atoms with Crippen LogP contribution in [0.1, 0.15) is 14.4 Å². The summed E-state index contributed by atoms with van der Waals surface area (Å²) in [5, 5.41) is 0. The zero-order valence-corrected chi connectivity index (χ0v) is 15.3. The number of methoxy groups -OCH3 is 2. The molecule has 12 heteroatoms. The summed E-state index contributed by atoms with van der Waals surface area (Å²) in [7, 11) is 3.77. The largest absolute Gasteiger partial charge is 0.453 e. The second-order valence-corrected chi connectivity index (χ2v) is 4.32. The van der Waals surface area contributed by atoms with Crippen LogP contribution in [-0.2, 0) is 28.7 Å². The van der Waals surface area contributed by atoms with E-state index in [2.05, 4.69) is 15.2 Å². The number of rotatable bonds is 0. The summed E-state index contributed by atoms with van der Waals surface area (Å²) in [4.78, 5) is 63.7. The first-order valence-corrected chi connectivity index (χ1v) is 7.24. The van der Waals surface area contributed by atoms with E-state index in [0.29, 0.717) is 4.90 Å². The van der Waals surface area contributed by atoms with Crippen molar-refractivity contribution in [2.24, 2.45) is 11.5 Å². The van der Waals surface area contributed by atoms with E-state index in [1.54, 1.807) is 0 Å². The normalized spacial score (nSPS) is 13.3. The maximum atomic E-state index is 10.7. The fraction of sp³-hybridized carbons (Fsp3) is 0.375. The molecular formula is C16H26N4O8. The van der Waals surface area contributed by atoms with Crippen molar-refractivity contribution in [1.82, 2.24) is 9.80 Å². The molecule has 0 saturated carbocycles. The second-order valence-electron chi connectivity index (χ2n) is 4.32. The summed E-state index contributed by atoms with van der Waals surface area (Å²) in [5.41, 5.74) is 9.28. The number of primary amides is 1. The molecule has 2 aliphatic heterocycles. The summed E-state index contributed by atoms with van der Waals surface area (Å²) in [6, 6.07) is 0. The van der Waals surface area contributed by atoms with Crippen molar-refractivity contribution in [2.75, 3.05) is 27.8 Å². The molecule has 0 spiro atoms. The molecule has 0 unspecified atom stereocenters. The zero-order valence-electron chi connectivity index (χ0n) is 15.3. The predicted molar refractivity (Wildman–Crippen MR) is 98.4 cm³/mol. The van der Waals surface area contributed by atoms with E-state index in [1.165, 1.54) is 26.3 Å². The Labute approximate surface area is 162 Å². The van der Waals surface area contributed by atoms with E-state index >= 15 is 0 Å². The van der Waals surface area contributed by atoms with Crippen molar-refractivity contribution in [2.45, 2.75) is 14.4 Å². The molecule has 12 nitrogen and oxygen atoms in total. The summed E-state index contributed by atoms with van der Waals surface area (Å²) in [6.07, 6.45) is 2.83. The number of nitrogens with two attached hydrogens (primary N) is 2. The van der Waals surface area contributed by atoms with E-state index in [9.17, 15) is 28.8 Å². The third-order valence-corrected chi connectivity index (χ3v) is 2.40. The molecule has 0 fully saturated rings. The minimum atomic E-state index is -0.954. The lowest BCUT2D eigenvalue weighted by Gasteiger charge is -2.08. The van der Waals surface area contributed by atoms with Crippen molar-refractivity contribution < 1.29 is 38.2 Å². The van der Waals surface area contributed by atoms with Gasteiger partial charge in [-0.1, -0.05) is 14.4 Å². The van der Waals surface area contributed by atoms with Gasteiger partial charge < -0.3 is 20.9 Å². The lowest BCUT2D eigenvalue weighted by molar-refractivity contribution is -0.136. The highest BCUT2D eigenvalue weighted by Gasteiger charge is 2.30. The summed E-state index contributed by atoms with van der Waals surface area (Å²) >= 11 is 0. The predicted octanol–water partition coefficient (Wildman–Crippen LogP) is -0.468. The van der Waals surface area contributed by atoms with Crippen molar-refractivity contribution in [3.63, 3.8) is 0 Å². The summed E-state index contributed by atoms with van der Waals surface area (Å²) in [6.45, 7) is 2.65. The zero-order chi connectivity index (χ0) is 21.6. The number of hydrogen-bond donors (Lipinski definition) is 2. The average molecular weight is 402 g/mol. The monoisotopic (exact) mass is 402 g/mol. The van der Waals surface area contributed by atoms with Gasteiger partial charge in [-0.3, -0.25) is 24.1 Å². The first kappa shape index (κ1) is 29.2. The Bertz CT molecular complexity index is 607. The van der Waals surface area contributed by atoms with Crippen LogP contribution < -0.4 is 11.5 Å². The Kier molecular flexibility index (Phi) is 16.4. The van der Waals surface area contributed by atoms with Crippen LogP contribution in [-0.4, -0.2) is 73.4 Å². The first-order chi connectivity index (χ1) is 12.6. The van der Waals surface area contributed by atoms with Gasteiger partial charge in [0.2, 0.25) is 0 Å². The van der Waals surface area contributed by atoms with Gasteiger partial charge in [0, 0.05) is 31.4 Å². The highest BCUT2D eigenvalue weighted by molar-refractivity contribution is 6.21. The molecule has 0 aromatic heterocycles. The number of carbonyl (C=O) groups excluding carboxylic acids is 6. The quantitative estimate of drug-likeness (QED) is 0.506. The van der Waals surface area contributed by atoms with Gasteiger partial charge >= 0.3 is 12.2 Å². The molecular weight excluding hydrogens is 376 g/mol.